The molecule has 0 spiro atoms. The number of carboxylic acids is 1. The Bertz CT molecular complexity index is 666. The van der Waals surface area contributed by atoms with Crippen molar-refractivity contribution in [3.8, 4) is 0 Å². The summed E-state index contributed by atoms with van der Waals surface area (Å²) in [5.41, 5.74) is 1.50. The number of hydrogen-bond acceptors (Lipinski definition) is 5. The predicted molar refractivity (Wildman–Crippen MR) is 75.0 cm³/mol. The van der Waals surface area contributed by atoms with Crippen molar-refractivity contribution in [2.75, 3.05) is 25.5 Å². The molecule has 0 aromatic carbocycles. The van der Waals surface area contributed by atoms with Gasteiger partial charge in [-0.25, -0.2) is 9.78 Å². The fourth-order valence-corrected chi connectivity index (χ4v) is 2.67. The third-order valence-electron chi connectivity index (χ3n) is 3.73. The standard InChI is InChI=1S/C13H17N5O2/c1-17-4-3-8(7-17)16-11-9-6-15-18(2)12(9)14-5-10(11)13(19)20/h5-6,8H,3-4,7H2,1-2H3,(H,14,16)(H,19,20). The van der Waals surface area contributed by atoms with E-state index in [4.69, 9.17) is 0 Å². The molecule has 3 heterocycles. The van der Waals surface area contributed by atoms with Gasteiger partial charge in [0.1, 0.15) is 5.56 Å². The van der Waals surface area contributed by atoms with Crippen LogP contribution in [0.25, 0.3) is 11.0 Å². The lowest BCUT2D eigenvalue weighted by Gasteiger charge is -2.16. The highest BCUT2D eigenvalue weighted by atomic mass is 16.4. The van der Waals surface area contributed by atoms with Crippen molar-refractivity contribution in [2.45, 2.75) is 12.5 Å². The van der Waals surface area contributed by atoms with E-state index in [2.05, 4.69) is 27.3 Å². The van der Waals surface area contributed by atoms with Gasteiger partial charge in [-0.1, -0.05) is 0 Å². The Morgan fingerprint density at radius 2 is 2.25 bits per heavy atom. The molecule has 0 aliphatic carbocycles. The van der Waals surface area contributed by atoms with Crippen LogP contribution in [0.2, 0.25) is 0 Å². The van der Waals surface area contributed by atoms with Gasteiger partial charge in [-0.2, -0.15) is 5.10 Å². The van der Waals surface area contributed by atoms with Crippen molar-refractivity contribution < 1.29 is 9.90 Å². The van der Waals surface area contributed by atoms with Crippen molar-refractivity contribution in [3.63, 3.8) is 0 Å². The van der Waals surface area contributed by atoms with Crippen LogP contribution < -0.4 is 5.32 Å². The fourth-order valence-electron chi connectivity index (χ4n) is 2.67. The number of carbonyl (C=O) groups is 1. The Hall–Kier alpha value is -2.15. The summed E-state index contributed by atoms with van der Waals surface area (Å²) in [4.78, 5) is 17.8. The number of anilines is 1. The van der Waals surface area contributed by atoms with Gasteiger partial charge < -0.3 is 15.3 Å². The fraction of sp³-hybridized carbons (Fsp3) is 0.462. The minimum atomic E-state index is -0.975. The molecule has 2 N–H and O–H groups in total. The molecular weight excluding hydrogens is 258 g/mol. The van der Waals surface area contributed by atoms with E-state index in [0.29, 0.717) is 11.3 Å². The second kappa shape index (κ2) is 4.75. The van der Waals surface area contributed by atoms with Crippen LogP contribution >= 0.6 is 0 Å². The van der Waals surface area contributed by atoms with E-state index in [0.717, 1.165) is 24.9 Å². The summed E-state index contributed by atoms with van der Waals surface area (Å²) in [5, 5.41) is 17.6. The van der Waals surface area contributed by atoms with Gasteiger partial charge in [-0.05, 0) is 20.0 Å². The number of fused-ring (bicyclic) bond motifs is 1. The lowest BCUT2D eigenvalue weighted by Crippen LogP contribution is -2.24. The van der Waals surface area contributed by atoms with Gasteiger partial charge in [0.25, 0.3) is 0 Å². The van der Waals surface area contributed by atoms with Crippen LogP contribution in [0.15, 0.2) is 12.4 Å². The average molecular weight is 275 g/mol. The van der Waals surface area contributed by atoms with Crippen LogP contribution in [0.1, 0.15) is 16.8 Å². The number of pyridine rings is 1. The van der Waals surface area contributed by atoms with E-state index in [1.54, 1.807) is 17.9 Å². The van der Waals surface area contributed by atoms with Gasteiger partial charge in [-0.3, -0.25) is 4.68 Å². The zero-order valence-electron chi connectivity index (χ0n) is 11.5. The maximum absolute atomic E-state index is 11.4. The van der Waals surface area contributed by atoms with E-state index in [1.165, 1.54) is 6.20 Å². The number of likely N-dealkylation sites (N-methyl/N-ethyl adjacent to an activating group) is 1. The summed E-state index contributed by atoms with van der Waals surface area (Å²) in [6, 6.07) is 0.254. The molecule has 1 unspecified atom stereocenters. The van der Waals surface area contributed by atoms with Crippen LogP contribution in [-0.2, 0) is 7.05 Å². The van der Waals surface area contributed by atoms with Crippen molar-refractivity contribution in [1.29, 1.82) is 0 Å². The summed E-state index contributed by atoms with van der Waals surface area (Å²) in [5.74, 6) is -0.975. The largest absolute Gasteiger partial charge is 0.478 e. The van der Waals surface area contributed by atoms with E-state index in [-0.39, 0.29) is 11.6 Å². The first-order valence-corrected chi connectivity index (χ1v) is 6.55. The van der Waals surface area contributed by atoms with Crippen LogP contribution in [0.3, 0.4) is 0 Å². The van der Waals surface area contributed by atoms with Gasteiger partial charge in [0.2, 0.25) is 0 Å². The minimum Gasteiger partial charge on any atom is -0.478 e. The normalized spacial score (nSPS) is 19.6. The molecule has 7 heteroatoms. The maximum atomic E-state index is 11.4. The van der Waals surface area contributed by atoms with E-state index < -0.39 is 5.97 Å². The van der Waals surface area contributed by atoms with Crippen LogP contribution in [0.5, 0.6) is 0 Å². The molecule has 106 valence electrons. The SMILES string of the molecule is CN1CCC(Nc2c(C(=O)O)cnc3c2cnn3C)C1. The molecule has 1 aliphatic rings. The van der Waals surface area contributed by atoms with Crippen LogP contribution in [0, 0.1) is 0 Å². The maximum Gasteiger partial charge on any atom is 0.339 e. The van der Waals surface area contributed by atoms with Gasteiger partial charge in [0, 0.05) is 25.8 Å². The molecule has 1 fully saturated rings. The Labute approximate surface area is 116 Å². The Balaban J connectivity index is 2.05. The smallest absolute Gasteiger partial charge is 0.339 e. The first-order chi connectivity index (χ1) is 9.56. The molecule has 1 saturated heterocycles. The van der Waals surface area contributed by atoms with Crippen LogP contribution in [0.4, 0.5) is 5.69 Å². The molecule has 7 nitrogen and oxygen atoms in total. The topological polar surface area (TPSA) is 83.3 Å². The highest BCUT2D eigenvalue weighted by Crippen LogP contribution is 2.27. The highest BCUT2D eigenvalue weighted by Gasteiger charge is 2.23. The zero-order chi connectivity index (χ0) is 14.3. The number of rotatable bonds is 3. The lowest BCUT2D eigenvalue weighted by atomic mass is 10.1. The first kappa shape index (κ1) is 12.9. The van der Waals surface area contributed by atoms with Crippen LogP contribution in [-0.4, -0.2) is 56.9 Å². The average Bonchev–Trinajstić information content (AvgIpc) is 2.97. The van der Waals surface area contributed by atoms with Gasteiger partial charge >= 0.3 is 5.97 Å². The Kier molecular flexibility index (Phi) is 3.06. The van der Waals surface area contributed by atoms with Gasteiger partial charge in [0.05, 0.1) is 17.3 Å². The molecule has 0 amide bonds. The van der Waals surface area contributed by atoms with E-state index in [1.807, 2.05) is 0 Å². The molecule has 0 saturated carbocycles. The molecule has 1 aliphatic heterocycles. The molecule has 2 aromatic heterocycles. The number of nitrogens with zero attached hydrogens (tertiary/aromatic N) is 4. The number of aromatic carboxylic acids is 1. The second-order valence-electron chi connectivity index (χ2n) is 5.25. The summed E-state index contributed by atoms with van der Waals surface area (Å²) in [7, 11) is 3.86. The summed E-state index contributed by atoms with van der Waals surface area (Å²) in [6.07, 6.45) is 4.06. The molecule has 0 bridgehead atoms. The number of likely N-dealkylation sites (tertiary alicyclic amines) is 1. The number of hydrogen-bond donors (Lipinski definition) is 2. The Morgan fingerprint density at radius 3 is 2.90 bits per heavy atom. The third kappa shape index (κ3) is 2.09. The molecule has 20 heavy (non-hydrogen) atoms. The summed E-state index contributed by atoms with van der Waals surface area (Å²) in [6.45, 7) is 1.92. The summed E-state index contributed by atoms with van der Waals surface area (Å²) < 4.78 is 1.65. The number of aryl methyl sites for hydroxylation is 1. The monoisotopic (exact) mass is 275 g/mol. The van der Waals surface area contributed by atoms with Crippen molar-refractivity contribution in [1.82, 2.24) is 19.7 Å². The van der Waals surface area contributed by atoms with Gasteiger partial charge in [0.15, 0.2) is 5.65 Å². The lowest BCUT2D eigenvalue weighted by molar-refractivity contribution is 0.0697. The molecule has 3 rings (SSSR count). The van der Waals surface area contributed by atoms with Crippen molar-refractivity contribution >= 4 is 22.7 Å². The first-order valence-electron chi connectivity index (χ1n) is 6.55. The second-order valence-corrected chi connectivity index (χ2v) is 5.25. The summed E-state index contributed by atoms with van der Waals surface area (Å²) >= 11 is 0. The van der Waals surface area contributed by atoms with Crippen molar-refractivity contribution in [2.24, 2.45) is 7.05 Å². The number of aromatic nitrogens is 3. The molecular formula is C13H17N5O2. The third-order valence-corrected chi connectivity index (χ3v) is 3.73. The number of nitrogens with one attached hydrogen (secondary N) is 1. The molecule has 0 radical (unpaired) electrons. The zero-order valence-corrected chi connectivity index (χ0v) is 11.5. The van der Waals surface area contributed by atoms with Crippen molar-refractivity contribution in [3.05, 3.63) is 18.0 Å². The quantitative estimate of drug-likeness (QED) is 0.861. The minimum absolute atomic E-state index is 0.194. The van der Waals surface area contributed by atoms with E-state index >= 15 is 0 Å². The molecule has 2 aromatic rings. The Morgan fingerprint density at radius 1 is 1.45 bits per heavy atom. The number of carboxylic acid groups (broad SMARTS) is 1. The molecule has 1 atom stereocenters. The van der Waals surface area contributed by atoms with E-state index in [9.17, 15) is 9.90 Å². The highest BCUT2D eigenvalue weighted by molar-refractivity contribution is 6.03. The van der Waals surface area contributed by atoms with Gasteiger partial charge in [-0.15, -0.1) is 0 Å². The predicted octanol–water partition coefficient (Wildman–Crippen LogP) is 0.782.